The Hall–Kier alpha value is -0.730. The van der Waals surface area contributed by atoms with Gasteiger partial charge in [-0.1, -0.05) is 17.7 Å². The minimum Gasteiger partial charge on any atom is -0.383 e. The lowest BCUT2D eigenvalue weighted by atomic mass is 10.1. The molecule has 1 aliphatic rings. The normalized spacial score (nSPS) is 19.3. The molecule has 1 N–H and O–H groups in total. The van der Waals surface area contributed by atoms with Crippen LogP contribution in [0.5, 0.6) is 0 Å². The van der Waals surface area contributed by atoms with Crippen molar-refractivity contribution in [2.24, 2.45) is 5.92 Å². The molecule has 8 heteroatoms. The summed E-state index contributed by atoms with van der Waals surface area (Å²) in [6.45, 7) is 3.70. The third kappa shape index (κ3) is 6.00. The molecule has 0 saturated carbocycles. The van der Waals surface area contributed by atoms with Gasteiger partial charge in [-0.3, -0.25) is 0 Å². The Kier molecular flexibility index (Phi) is 6.79. The highest BCUT2D eigenvalue weighted by Crippen LogP contribution is 2.18. The molecule has 0 aliphatic carbocycles. The molecule has 130 valence electrons. The summed E-state index contributed by atoms with van der Waals surface area (Å²) in [7, 11) is -1.90. The first-order valence-corrected chi connectivity index (χ1v) is 9.55. The van der Waals surface area contributed by atoms with Gasteiger partial charge in [0.05, 0.1) is 12.4 Å². The van der Waals surface area contributed by atoms with Crippen molar-refractivity contribution in [3.8, 4) is 0 Å². The number of nitrogens with one attached hydrogen (secondary N) is 1. The second kappa shape index (κ2) is 8.39. The van der Waals surface area contributed by atoms with Crippen LogP contribution in [-0.2, 0) is 20.5 Å². The van der Waals surface area contributed by atoms with E-state index in [9.17, 15) is 12.8 Å². The quantitative estimate of drug-likeness (QED) is 0.765. The summed E-state index contributed by atoms with van der Waals surface area (Å²) in [5.74, 6) is -0.706. The van der Waals surface area contributed by atoms with E-state index in [1.165, 1.54) is 12.1 Å². The van der Waals surface area contributed by atoms with Crippen molar-refractivity contribution < 1.29 is 17.5 Å². The summed E-state index contributed by atoms with van der Waals surface area (Å²) in [4.78, 5) is 2.25. The lowest BCUT2D eigenvalue weighted by molar-refractivity contribution is 0.159. The summed E-state index contributed by atoms with van der Waals surface area (Å²) < 4.78 is 45.5. The van der Waals surface area contributed by atoms with Crippen molar-refractivity contribution in [2.45, 2.75) is 12.2 Å². The van der Waals surface area contributed by atoms with Crippen LogP contribution in [-0.4, -0.2) is 53.2 Å². The van der Waals surface area contributed by atoms with Crippen LogP contribution in [0.25, 0.3) is 0 Å². The van der Waals surface area contributed by atoms with Crippen molar-refractivity contribution in [3.63, 3.8) is 0 Å². The number of methoxy groups -OCH3 is 1. The molecule has 1 aliphatic heterocycles. The van der Waals surface area contributed by atoms with E-state index in [1.54, 1.807) is 7.11 Å². The maximum absolute atomic E-state index is 13.7. The van der Waals surface area contributed by atoms with Crippen LogP contribution in [0, 0.1) is 11.7 Å². The van der Waals surface area contributed by atoms with E-state index < -0.39 is 15.8 Å². The zero-order chi connectivity index (χ0) is 16.9. The monoisotopic (exact) mass is 364 g/mol. The fourth-order valence-electron chi connectivity index (χ4n) is 2.64. The van der Waals surface area contributed by atoms with Crippen LogP contribution >= 0.6 is 11.6 Å². The highest BCUT2D eigenvalue weighted by atomic mass is 35.5. The summed E-state index contributed by atoms with van der Waals surface area (Å²) in [6, 6.07) is 4.01. The highest BCUT2D eigenvalue weighted by Gasteiger charge is 2.24. The summed E-state index contributed by atoms with van der Waals surface area (Å²) in [5, 5.41) is 0.249. The van der Waals surface area contributed by atoms with Gasteiger partial charge in [0.2, 0.25) is 10.0 Å². The van der Waals surface area contributed by atoms with Crippen LogP contribution in [0.1, 0.15) is 12.0 Å². The lowest BCUT2D eigenvalue weighted by Gasteiger charge is -2.15. The second-order valence-electron chi connectivity index (χ2n) is 5.79. The number of ether oxygens (including phenoxy) is 1. The number of sulfonamides is 1. The van der Waals surface area contributed by atoms with E-state index in [1.807, 2.05) is 0 Å². The van der Waals surface area contributed by atoms with Gasteiger partial charge in [-0.05, 0) is 31.0 Å². The molecule has 23 heavy (non-hydrogen) atoms. The third-order valence-corrected chi connectivity index (χ3v) is 5.47. The SMILES string of the molecule is COCCN1CC[C@@H](CNS(=O)(=O)Cc2ccc(Cl)cc2F)C1. The van der Waals surface area contributed by atoms with Crippen LogP contribution < -0.4 is 4.72 Å². The molecular weight excluding hydrogens is 343 g/mol. The van der Waals surface area contributed by atoms with Crippen LogP contribution in [0.2, 0.25) is 5.02 Å². The Morgan fingerprint density at radius 2 is 2.26 bits per heavy atom. The average molecular weight is 365 g/mol. The molecule has 0 bridgehead atoms. The molecule has 1 heterocycles. The van der Waals surface area contributed by atoms with Gasteiger partial charge < -0.3 is 9.64 Å². The van der Waals surface area contributed by atoms with Gasteiger partial charge in [0.1, 0.15) is 5.82 Å². The van der Waals surface area contributed by atoms with E-state index >= 15 is 0 Å². The number of hydrogen-bond donors (Lipinski definition) is 1. The molecule has 0 amide bonds. The first-order chi connectivity index (χ1) is 10.9. The second-order valence-corrected chi connectivity index (χ2v) is 8.03. The van der Waals surface area contributed by atoms with Gasteiger partial charge in [0.25, 0.3) is 0 Å². The third-order valence-electron chi connectivity index (χ3n) is 3.93. The van der Waals surface area contributed by atoms with E-state index in [-0.39, 0.29) is 22.3 Å². The van der Waals surface area contributed by atoms with Crippen molar-refractivity contribution in [3.05, 3.63) is 34.6 Å². The van der Waals surface area contributed by atoms with Gasteiger partial charge in [-0.15, -0.1) is 0 Å². The Labute approximate surface area is 141 Å². The smallest absolute Gasteiger partial charge is 0.215 e. The number of nitrogens with zero attached hydrogens (tertiary/aromatic N) is 1. The predicted octanol–water partition coefficient (Wildman–Crippen LogP) is 1.87. The molecule has 1 fully saturated rings. The fraction of sp³-hybridized carbons (Fsp3) is 0.600. The zero-order valence-corrected chi connectivity index (χ0v) is 14.7. The average Bonchev–Trinajstić information content (AvgIpc) is 2.94. The molecule has 5 nitrogen and oxygen atoms in total. The van der Waals surface area contributed by atoms with Crippen LogP contribution in [0.4, 0.5) is 4.39 Å². The molecule has 0 spiro atoms. The van der Waals surface area contributed by atoms with Crippen molar-refractivity contribution >= 4 is 21.6 Å². The lowest BCUT2D eigenvalue weighted by Crippen LogP contribution is -2.32. The van der Waals surface area contributed by atoms with Gasteiger partial charge in [0, 0.05) is 37.3 Å². The minimum atomic E-state index is -3.57. The standard InChI is InChI=1S/C15H22ClFN2O3S/c1-22-7-6-19-5-4-12(10-19)9-18-23(20,21)11-13-2-3-14(16)8-15(13)17/h2-3,8,12,18H,4-7,9-11H2,1H3/t12-/m0/s1. The Morgan fingerprint density at radius 3 is 2.96 bits per heavy atom. The molecule has 1 aromatic carbocycles. The van der Waals surface area contributed by atoms with E-state index in [0.29, 0.717) is 13.2 Å². The topological polar surface area (TPSA) is 58.6 Å². The molecule has 0 unspecified atom stereocenters. The molecular formula is C15H22ClFN2O3S. The van der Waals surface area contributed by atoms with Crippen molar-refractivity contribution in [1.29, 1.82) is 0 Å². The molecule has 0 aromatic heterocycles. The number of likely N-dealkylation sites (tertiary alicyclic amines) is 1. The van der Waals surface area contributed by atoms with E-state index in [0.717, 1.165) is 32.1 Å². The van der Waals surface area contributed by atoms with E-state index in [4.69, 9.17) is 16.3 Å². The Bertz CT molecular complexity index is 627. The van der Waals surface area contributed by atoms with Crippen molar-refractivity contribution in [2.75, 3.05) is 39.9 Å². The Balaban J connectivity index is 1.82. The summed E-state index contributed by atoms with van der Waals surface area (Å²) in [6.07, 6.45) is 0.946. The molecule has 1 saturated heterocycles. The number of rotatable bonds is 8. The molecule has 2 rings (SSSR count). The van der Waals surface area contributed by atoms with Crippen LogP contribution in [0.3, 0.4) is 0 Å². The largest absolute Gasteiger partial charge is 0.383 e. The van der Waals surface area contributed by atoms with Gasteiger partial charge >= 0.3 is 0 Å². The molecule has 0 radical (unpaired) electrons. The summed E-state index contributed by atoms with van der Waals surface area (Å²) in [5.41, 5.74) is 0.120. The van der Waals surface area contributed by atoms with E-state index in [2.05, 4.69) is 9.62 Å². The summed E-state index contributed by atoms with van der Waals surface area (Å²) >= 11 is 5.67. The van der Waals surface area contributed by atoms with Gasteiger partial charge in [-0.2, -0.15) is 0 Å². The first-order valence-electron chi connectivity index (χ1n) is 7.52. The predicted molar refractivity (Wildman–Crippen MR) is 88.5 cm³/mol. The minimum absolute atomic E-state index is 0.120. The number of halogens is 2. The number of hydrogen-bond acceptors (Lipinski definition) is 4. The maximum Gasteiger partial charge on any atom is 0.215 e. The fourth-order valence-corrected chi connectivity index (χ4v) is 4.04. The van der Waals surface area contributed by atoms with Gasteiger partial charge in [0.15, 0.2) is 0 Å². The molecule has 1 atom stereocenters. The van der Waals surface area contributed by atoms with Crippen molar-refractivity contribution in [1.82, 2.24) is 9.62 Å². The highest BCUT2D eigenvalue weighted by molar-refractivity contribution is 7.88. The molecule has 1 aromatic rings. The first kappa shape index (κ1) is 18.6. The maximum atomic E-state index is 13.7. The van der Waals surface area contributed by atoms with Gasteiger partial charge in [-0.25, -0.2) is 17.5 Å². The number of benzene rings is 1. The van der Waals surface area contributed by atoms with Crippen LogP contribution in [0.15, 0.2) is 18.2 Å². The Morgan fingerprint density at radius 1 is 1.48 bits per heavy atom. The zero-order valence-electron chi connectivity index (χ0n) is 13.1.